The normalized spacial score (nSPS) is 13.1. The summed E-state index contributed by atoms with van der Waals surface area (Å²) in [5.41, 5.74) is 5.27. The Balaban J connectivity index is 1.48. The number of carbonyl (C=O) groups excluding carboxylic acids is 1. The van der Waals surface area contributed by atoms with Gasteiger partial charge in [0.1, 0.15) is 0 Å². The number of imidazole rings is 1. The summed E-state index contributed by atoms with van der Waals surface area (Å²) < 4.78 is 3.87. The Hall–Kier alpha value is -3.09. The van der Waals surface area contributed by atoms with Crippen molar-refractivity contribution in [2.45, 2.75) is 33.0 Å². The number of benzene rings is 1. The van der Waals surface area contributed by atoms with Crippen LogP contribution < -0.4 is 5.32 Å². The van der Waals surface area contributed by atoms with Crippen molar-refractivity contribution in [1.82, 2.24) is 24.2 Å². The van der Waals surface area contributed by atoms with Crippen LogP contribution in [0.1, 0.15) is 29.4 Å². The van der Waals surface area contributed by atoms with E-state index in [0.29, 0.717) is 19.6 Å². The highest BCUT2D eigenvalue weighted by Gasteiger charge is 2.29. The molecule has 4 rings (SSSR count). The predicted molar refractivity (Wildman–Crippen MR) is 98.6 cm³/mol. The minimum Gasteiger partial charge on any atom is -0.331 e. The fraction of sp³-hybridized carbons (Fsp3) is 0.316. The van der Waals surface area contributed by atoms with Crippen molar-refractivity contribution >= 4 is 11.7 Å². The smallest absolute Gasteiger partial charge is 0.322 e. The lowest BCUT2D eigenvalue weighted by Gasteiger charge is -2.17. The standard InChI is InChI=1S/C19H22N6O/c1-3-14-5-4-6-15(9-14)21-19(26)25-10-16-17(11-24-8-7-20-13-24)22-23(2)18(16)12-25/h4-9,13H,3,10-12H2,1-2H3,(H,21,26). The molecule has 3 aromatic rings. The van der Waals surface area contributed by atoms with E-state index in [1.165, 1.54) is 5.56 Å². The molecule has 0 aliphatic carbocycles. The van der Waals surface area contributed by atoms with Crippen molar-refractivity contribution < 1.29 is 4.79 Å². The number of anilines is 1. The average Bonchev–Trinajstić information content (AvgIpc) is 3.35. The van der Waals surface area contributed by atoms with Crippen LogP contribution in [-0.4, -0.2) is 30.3 Å². The van der Waals surface area contributed by atoms with Gasteiger partial charge in [0.25, 0.3) is 0 Å². The Morgan fingerprint density at radius 2 is 2.19 bits per heavy atom. The van der Waals surface area contributed by atoms with E-state index >= 15 is 0 Å². The zero-order chi connectivity index (χ0) is 18.1. The number of amides is 2. The Labute approximate surface area is 152 Å². The quantitative estimate of drug-likeness (QED) is 0.787. The molecule has 2 amide bonds. The van der Waals surface area contributed by atoms with Gasteiger partial charge in [-0.05, 0) is 24.1 Å². The Kier molecular flexibility index (Phi) is 4.20. The van der Waals surface area contributed by atoms with E-state index < -0.39 is 0 Å². The number of hydrogen-bond donors (Lipinski definition) is 1. The zero-order valence-corrected chi connectivity index (χ0v) is 15.0. The lowest BCUT2D eigenvalue weighted by molar-refractivity contribution is 0.211. The van der Waals surface area contributed by atoms with Gasteiger partial charge in [0.05, 0.1) is 37.3 Å². The van der Waals surface area contributed by atoms with Gasteiger partial charge in [-0.25, -0.2) is 9.78 Å². The molecule has 1 aromatic carbocycles. The molecule has 134 valence electrons. The molecule has 0 radical (unpaired) electrons. The van der Waals surface area contributed by atoms with Crippen molar-refractivity contribution in [3.8, 4) is 0 Å². The molecule has 2 aromatic heterocycles. The monoisotopic (exact) mass is 350 g/mol. The van der Waals surface area contributed by atoms with Crippen LogP contribution in [0.3, 0.4) is 0 Å². The highest BCUT2D eigenvalue weighted by molar-refractivity contribution is 5.89. The average molecular weight is 350 g/mol. The third-order valence-electron chi connectivity index (χ3n) is 4.81. The van der Waals surface area contributed by atoms with E-state index in [1.807, 2.05) is 45.6 Å². The molecule has 7 heteroatoms. The maximum Gasteiger partial charge on any atom is 0.322 e. The van der Waals surface area contributed by atoms with Gasteiger partial charge in [0.15, 0.2) is 0 Å². The van der Waals surface area contributed by atoms with Crippen LogP contribution in [0.2, 0.25) is 0 Å². The number of fused-ring (bicyclic) bond motifs is 1. The van der Waals surface area contributed by atoms with Gasteiger partial charge in [0, 0.05) is 30.7 Å². The van der Waals surface area contributed by atoms with Gasteiger partial charge in [-0.3, -0.25) is 4.68 Å². The number of nitrogens with zero attached hydrogens (tertiary/aromatic N) is 5. The van der Waals surface area contributed by atoms with E-state index in [2.05, 4.69) is 28.4 Å². The molecule has 0 spiro atoms. The molecule has 0 unspecified atom stereocenters. The minimum atomic E-state index is -0.0805. The second-order valence-electron chi connectivity index (χ2n) is 6.57. The summed E-state index contributed by atoms with van der Waals surface area (Å²) >= 11 is 0. The molecular formula is C19H22N6O. The largest absolute Gasteiger partial charge is 0.331 e. The van der Waals surface area contributed by atoms with E-state index in [-0.39, 0.29) is 6.03 Å². The third kappa shape index (κ3) is 3.08. The van der Waals surface area contributed by atoms with Crippen LogP contribution in [0.4, 0.5) is 10.5 Å². The summed E-state index contributed by atoms with van der Waals surface area (Å²) in [7, 11) is 1.93. The summed E-state index contributed by atoms with van der Waals surface area (Å²) in [6.07, 6.45) is 6.40. The number of rotatable bonds is 4. The highest BCUT2D eigenvalue weighted by atomic mass is 16.2. The summed E-state index contributed by atoms with van der Waals surface area (Å²) in [6.45, 7) is 3.92. The first kappa shape index (κ1) is 16.4. The Morgan fingerprint density at radius 1 is 1.31 bits per heavy atom. The van der Waals surface area contributed by atoms with Gasteiger partial charge in [-0.15, -0.1) is 0 Å². The fourth-order valence-corrected chi connectivity index (χ4v) is 3.37. The van der Waals surface area contributed by atoms with E-state index in [9.17, 15) is 4.79 Å². The summed E-state index contributed by atoms with van der Waals surface area (Å²) in [5, 5.41) is 7.63. The van der Waals surface area contributed by atoms with E-state index in [4.69, 9.17) is 0 Å². The van der Waals surface area contributed by atoms with Crippen molar-refractivity contribution in [3.63, 3.8) is 0 Å². The number of aryl methyl sites for hydroxylation is 2. The van der Waals surface area contributed by atoms with E-state index in [1.54, 1.807) is 12.5 Å². The molecule has 0 bridgehead atoms. The summed E-state index contributed by atoms with van der Waals surface area (Å²) in [4.78, 5) is 18.6. The maximum atomic E-state index is 12.7. The third-order valence-corrected chi connectivity index (χ3v) is 4.81. The molecule has 0 fully saturated rings. The molecule has 26 heavy (non-hydrogen) atoms. The highest BCUT2D eigenvalue weighted by Crippen LogP contribution is 2.27. The second-order valence-corrected chi connectivity index (χ2v) is 6.57. The molecule has 1 aliphatic heterocycles. The number of nitrogens with one attached hydrogen (secondary N) is 1. The van der Waals surface area contributed by atoms with Crippen LogP contribution in [0.15, 0.2) is 43.0 Å². The molecule has 0 atom stereocenters. The molecule has 3 heterocycles. The first-order valence-electron chi connectivity index (χ1n) is 8.78. The van der Waals surface area contributed by atoms with Crippen LogP contribution in [0, 0.1) is 0 Å². The molecule has 0 saturated carbocycles. The van der Waals surface area contributed by atoms with Crippen LogP contribution in [0.25, 0.3) is 0 Å². The Bertz CT molecular complexity index is 928. The SMILES string of the molecule is CCc1cccc(NC(=O)N2Cc3c(Cn4ccnc4)nn(C)c3C2)c1. The van der Waals surface area contributed by atoms with Crippen molar-refractivity contribution in [3.05, 3.63) is 65.5 Å². The lowest BCUT2D eigenvalue weighted by Crippen LogP contribution is -2.31. The molecular weight excluding hydrogens is 328 g/mol. The summed E-state index contributed by atoms with van der Waals surface area (Å²) in [5.74, 6) is 0. The van der Waals surface area contributed by atoms with Gasteiger partial charge in [-0.2, -0.15) is 5.10 Å². The van der Waals surface area contributed by atoms with E-state index in [0.717, 1.165) is 29.1 Å². The number of aromatic nitrogens is 4. The van der Waals surface area contributed by atoms with Gasteiger partial charge in [0.2, 0.25) is 0 Å². The lowest BCUT2D eigenvalue weighted by atomic mass is 10.1. The second kappa shape index (κ2) is 6.67. The fourth-order valence-electron chi connectivity index (χ4n) is 3.37. The summed E-state index contributed by atoms with van der Waals surface area (Å²) in [6, 6.07) is 7.90. The van der Waals surface area contributed by atoms with Crippen molar-refractivity contribution in [1.29, 1.82) is 0 Å². The Morgan fingerprint density at radius 3 is 2.96 bits per heavy atom. The van der Waals surface area contributed by atoms with Gasteiger partial charge < -0.3 is 14.8 Å². The van der Waals surface area contributed by atoms with Crippen LogP contribution in [0.5, 0.6) is 0 Å². The molecule has 7 nitrogen and oxygen atoms in total. The predicted octanol–water partition coefficient (Wildman–Crippen LogP) is 2.78. The zero-order valence-electron chi connectivity index (χ0n) is 15.0. The number of hydrogen-bond acceptors (Lipinski definition) is 3. The van der Waals surface area contributed by atoms with Crippen LogP contribution in [-0.2, 0) is 33.1 Å². The number of carbonyl (C=O) groups is 1. The van der Waals surface area contributed by atoms with Gasteiger partial charge >= 0.3 is 6.03 Å². The molecule has 1 aliphatic rings. The minimum absolute atomic E-state index is 0.0805. The first-order valence-corrected chi connectivity index (χ1v) is 8.78. The molecule has 0 saturated heterocycles. The number of urea groups is 1. The van der Waals surface area contributed by atoms with Crippen molar-refractivity contribution in [2.75, 3.05) is 5.32 Å². The topological polar surface area (TPSA) is 68.0 Å². The first-order chi connectivity index (χ1) is 12.6. The maximum absolute atomic E-state index is 12.7. The molecule has 1 N–H and O–H groups in total. The van der Waals surface area contributed by atoms with Gasteiger partial charge in [-0.1, -0.05) is 19.1 Å². The van der Waals surface area contributed by atoms with Crippen molar-refractivity contribution in [2.24, 2.45) is 7.05 Å². The van der Waals surface area contributed by atoms with Crippen LogP contribution >= 0.6 is 0 Å².